The third-order valence-corrected chi connectivity index (χ3v) is 7.74. The summed E-state index contributed by atoms with van der Waals surface area (Å²) in [7, 11) is 2.45. The van der Waals surface area contributed by atoms with Gasteiger partial charge in [-0.25, -0.2) is 13.8 Å². The molecule has 3 aromatic rings. The standard InChI is InChI=1S/C32H33F2N5O4/c1-5-28(40)37-24-15-20(39-13-11-38(6-2)12-14-39)8-10-23(24)36-27-16-22-19(18-35-27)7-9-21(22)32(41)29-30(33)25(42-3)17-26(43-4)31(29)34/h5,8-10,15-18H,1,6-7,11-14H2,2-4H3,(H,35,36)(H,37,40). The van der Waals surface area contributed by atoms with Crippen LogP contribution in [0, 0.1) is 11.6 Å². The fraction of sp³-hybridized carbons (Fsp3) is 0.281. The van der Waals surface area contributed by atoms with Crippen molar-refractivity contribution in [3.63, 3.8) is 0 Å². The van der Waals surface area contributed by atoms with Crippen LogP contribution in [0.4, 0.5) is 31.7 Å². The molecule has 1 aliphatic carbocycles. The van der Waals surface area contributed by atoms with Crippen LogP contribution < -0.4 is 25.0 Å². The van der Waals surface area contributed by atoms with Crippen LogP contribution in [0.25, 0.3) is 5.57 Å². The van der Waals surface area contributed by atoms with Gasteiger partial charge in [0.25, 0.3) is 0 Å². The summed E-state index contributed by atoms with van der Waals surface area (Å²) in [6, 6.07) is 8.43. The zero-order chi connectivity index (χ0) is 30.7. The average Bonchev–Trinajstić information content (AvgIpc) is 3.45. The van der Waals surface area contributed by atoms with Crippen LogP contribution in [0.1, 0.15) is 28.4 Å². The number of halogens is 2. The number of likely N-dealkylation sites (N-methyl/N-ethyl adjacent to an activating group) is 1. The lowest BCUT2D eigenvalue weighted by Gasteiger charge is -2.35. The topological polar surface area (TPSA) is 96.0 Å². The van der Waals surface area contributed by atoms with E-state index in [0.717, 1.165) is 50.0 Å². The number of amides is 1. The van der Waals surface area contributed by atoms with Gasteiger partial charge >= 0.3 is 0 Å². The molecule has 1 fully saturated rings. The number of pyridine rings is 1. The Morgan fingerprint density at radius 1 is 1.02 bits per heavy atom. The fourth-order valence-electron chi connectivity index (χ4n) is 5.31. The third-order valence-electron chi connectivity index (χ3n) is 7.74. The first-order chi connectivity index (χ1) is 20.8. The van der Waals surface area contributed by atoms with E-state index in [0.29, 0.717) is 29.2 Å². The van der Waals surface area contributed by atoms with Gasteiger partial charge in [-0.05, 0) is 54.4 Å². The average molecular weight is 590 g/mol. The molecule has 0 saturated carbocycles. The lowest BCUT2D eigenvalue weighted by atomic mass is 9.97. The number of nitrogens with one attached hydrogen (secondary N) is 2. The Morgan fingerprint density at radius 3 is 2.35 bits per heavy atom. The highest BCUT2D eigenvalue weighted by Crippen LogP contribution is 2.38. The van der Waals surface area contributed by atoms with Crippen molar-refractivity contribution in [2.24, 2.45) is 0 Å². The van der Waals surface area contributed by atoms with Crippen LogP contribution in [0.3, 0.4) is 0 Å². The van der Waals surface area contributed by atoms with Crippen molar-refractivity contribution in [2.45, 2.75) is 13.3 Å². The van der Waals surface area contributed by atoms with Gasteiger partial charge in [-0.15, -0.1) is 0 Å². The van der Waals surface area contributed by atoms with Crippen molar-refractivity contribution in [2.75, 3.05) is 62.5 Å². The van der Waals surface area contributed by atoms with Gasteiger partial charge < -0.3 is 29.9 Å². The molecule has 1 aromatic heterocycles. The number of hydrogen-bond acceptors (Lipinski definition) is 8. The van der Waals surface area contributed by atoms with E-state index in [1.807, 2.05) is 18.2 Å². The van der Waals surface area contributed by atoms with E-state index >= 15 is 8.78 Å². The summed E-state index contributed by atoms with van der Waals surface area (Å²) < 4.78 is 40.3. The maximum absolute atomic E-state index is 15.1. The smallest absolute Gasteiger partial charge is 0.247 e. The molecule has 5 rings (SSSR count). The number of piperazine rings is 1. The number of carbonyl (C=O) groups excluding carboxylic acids is 2. The van der Waals surface area contributed by atoms with E-state index in [1.54, 1.807) is 18.3 Å². The lowest BCUT2D eigenvalue weighted by molar-refractivity contribution is -0.111. The summed E-state index contributed by atoms with van der Waals surface area (Å²) in [4.78, 5) is 34.9. The Labute approximate surface area is 248 Å². The molecule has 2 heterocycles. The summed E-state index contributed by atoms with van der Waals surface area (Å²) in [6.07, 6.45) is 4.79. The summed E-state index contributed by atoms with van der Waals surface area (Å²) in [5.74, 6) is -3.65. The largest absolute Gasteiger partial charge is 0.494 e. The van der Waals surface area contributed by atoms with E-state index < -0.39 is 23.0 Å². The molecular weight excluding hydrogens is 556 g/mol. The van der Waals surface area contributed by atoms with Crippen molar-refractivity contribution in [3.8, 4) is 11.5 Å². The predicted molar refractivity (Wildman–Crippen MR) is 163 cm³/mol. The molecule has 0 unspecified atom stereocenters. The highest BCUT2D eigenvalue weighted by Gasteiger charge is 2.31. The van der Waals surface area contributed by atoms with E-state index in [9.17, 15) is 9.59 Å². The van der Waals surface area contributed by atoms with Gasteiger partial charge in [-0.1, -0.05) is 19.6 Å². The fourth-order valence-corrected chi connectivity index (χ4v) is 5.31. The zero-order valence-corrected chi connectivity index (χ0v) is 24.3. The van der Waals surface area contributed by atoms with Gasteiger partial charge in [0.15, 0.2) is 28.9 Å². The molecule has 2 aromatic carbocycles. The molecule has 0 atom stereocenters. The number of rotatable bonds is 10. The number of nitrogens with zero attached hydrogens (tertiary/aromatic N) is 3. The number of benzene rings is 2. The second-order valence-electron chi connectivity index (χ2n) is 10.1. The van der Waals surface area contributed by atoms with Gasteiger partial charge in [-0.3, -0.25) is 9.59 Å². The number of Topliss-reactive ketones (excluding diaryl/α,β-unsaturated/α-hetero) is 1. The maximum Gasteiger partial charge on any atom is 0.247 e. The number of anilines is 4. The first-order valence-electron chi connectivity index (χ1n) is 13.9. The monoisotopic (exact) mass is 589 g/mol. The van der Waals surface area contributed by atoms with Gasteiger partial charge in [0.2, 0.25) is 5.91 Å². The number of allylic oxidation sites excluding steroid dienone is 2. The normalized spacial score (nSPS) is 14.5. The van der Waals surface area contributed by atoms with Gasteiger partial charge in [-0.2, -0.15) is 0 Å². The molecule has 0 spiro atoms. The molecule has 1 saturated heterocycles. The SMILES string of the molecule is C=CC(=O)Nc1cc(N2CCN(CC)CC2)ccc1Nc1cc2c(cn1)CC=C2C(=O)c1c(F)c(OC)cc(OC)c1F. The lowest BCUT2D eigenvalue weighted by Crippen LogP contribution is -2.46. The predicted octanol–water partition coefficient (Wildman–Crippen LogP) is 5.21. The van der Waals surface area contributed by atoms with Crippen LogP contribution in [0.2, 0.25) is 0 Å². The Hall–Kier alpha value is -4.77. The molecule has 1 aliphatic heterocycles. The molecule has 9 nitrogen and oxygen atoms in total. The molecule has 2 N–H and O–H groups in total. The van der Waals surface area contributed by atoms with Gasteiger partial charge in [0.05, 0.1) is 25.6 Å². The Balaban J connectivity index is 1.44. The number of fused-ring (bicyclic) bond motifs is 1. The van der Waals surface area contributed by atoms with Crippen LogP contribution in [-0.4, -0.2) is 68.5 Å². The number of methoxy groups -OCH3 is 2. The number of ether oxygens (including phenoxy) is 2. The molecule has 224 valence electrons. The number of ketones is 1. The Bertz CT molecular complexity index is 1590. The molecule has 1 amide bonds. The first kappa shape index (κ1) is 29.7. The third kappa shape index (κ3) is 5.94. The minimum Gasteiger partial charge on any atom is -0.494 e. The zero-order valence-electron chi connectivity index (χ0n) is 24.3. The molecule has 0 radical (unpaired) electrons. The molecular formula is C32H33F2N5O4. The molecule has 43 heavy (non-hydrogen) atoms. The van der Waals surface area contributed by atoms with Gasteiger partial charge in [0, 0.05) is 49.7 Å². The van der Waals surface area contributed by atoms with Gasteiger partial charge in [0.1, 0.15) is 11.4 Å². The van der Waals surface area contributed by atoms with E-state index in [2.05, 4.69) is 38.9 Å². The Morgan fingerprint density at radius 2 is 1.72 bits per heavy atom. The minimum atomic E-state index is -1.11. The highest BCUT2D eigenvalue weighted by molar-refractivity contribution is 6.30. The second kappa shape index (κ2) is 12.6. The first-order valence-corrected chi connectivity index (χ1v) is 13.9. The summed E-state index contributed by atoms with van der Waals surface area (Å²) >= 11 is 0. The summed E-state index contributed by atoms with van der Waals surface area (Å²) in [6.45, 7) is 10.3. The quantitative estimate of drug-likeness (QED) is 0.246. The molecule has 0 bridgehead atoms. The number of aromatic nitrogens is 1. The van der Waals surface area contributed by atoms with Crippen molar-refractivity contribution in [1.29, 1.82) is 0 Å². The van der Waals surface area contributed by atoms with E-state index in [-0.39, 0.29) is 23.0 Å². The number of carbonyl (C=O) groups is 2. The highest BCUT2D eigenvalue weighted by atomic mass is 19.1. The van der Waals surface area contributed by atoms with Crippen LogP contribution >= 0.6 is 0 Å². The maximum atomic E-state index is 15.1. The number of hydrogen-bond donors (Lipinski definition) is 2. The van der Waals surface area contributed by atoms with Crippen molar-refractivity contribution < 1.29 is 27.8 Å². The molecule has 11 heteroatoms. The van der Waals surface area contributed by atoms with Crippen molar-refractivity contribution in [3.05, 3.63) is 83.6 Å². The van der Waals surface area contributed by atoms with E-state index in [1.165, 1.54) is 20.3 Å². The second-order valence-corrected chi connectivity index (χ2v) is 10.1. The summed E-state index contributed by atoms with van der Waals surface area (Å²) in [5, 5.41) is 6.08. The van der Waals surface area contributed by atoms with Crippen LogP contribution in [0.5, 0.6) is 11.5 Å². The summed E-state index contributed by atoms with van der Waals surface area (Å²) in [5.41, 5.74) is 2.67. The minimum absolute atomic E-state index is 0.135. The van der Waals surface area contributed by atoms with Crippen molar-refractivity contribution >= 4 is 40.1 Å². The van der Waals surface area contributed by atoms with Crippen LogP contribution in [-0.2, 0) is 11.2 Å². The van der Waals surface area contributed by atoms with Crippen molar-refractivity contribution in [1.82, 2.24) is 9.88 Å². The van der Waals surface area contributed by atoms with Crippen LogP contribution in [0.15, 0.2) is 55.3 Å². The molecule has 2 aliphatic rings. The Kier molecular flexibility index (Phi) is 8.72. The van der Waals surface area contributed by atoms with E-state index in [4.69, 9.17) is 9.47 Å².